The maximum atomic E-state index is 11.5. The third kappa shape index (κ3) is 4.75. The first-order chi connectivity index (χ1) is 7.45. The quantitative estimate of drug-likeness (QED) is 0.873. The Morgan fingerprint density at radius 3 is 2.35 bits per heavy atom. The molecule has 0 saturated heterocycles. The van der Waals surface area contributed by atoms with Crippen molar-refractivity contribution in [2.75, 3.05) is 18.9 Å². The Labute approximate surface area is 109 Å². The number of carbonyl (C=O) groups is 1. The highest BCUT2D eigenvalue weighted by Gasteiger charge is 2.18. The van der Waals surface area contributed by atoms with Crippen LogP contribution in [0, 0.1) is 0 Å². The minimum Gasteiger partial charge on any atom is -0.325 e. The second kappa shape index (κ2) is 6.62. The Hall–Kier alpha value is -1.06. The van der Waals surface area contributed by atoms with Gasteiger partial charge in [-0.1, -0.05) is 39.0 Å². The molecule has 0 unspecified atom stereocenters. The third-order valence-electron chi connectivity index (χ3n) is 2.35. The fraction of sp³-hybridized carbons (Fsp3) is 0.462. The number of para-hydroxylation sites is 1. The highest BCUT2D eigenvalue weighted by molar-refractivity contribution is 5.93. The molecule has 0 saturated carbocycles. The molecular weight excluding hydrogens is 236 g/mol. The van der Waals surface area contributed by atoms with Gasteiger partial charge in [-0.25, -0.2) is 0 Å². The second-order valence-corrected chi connectivity index (χ2v) is 4.87. The van der Waals surface area contributed by atoms with Gasteiger partial charge in [-0.2, -0.15) is 0 Å². The topological polar surface area (TPSA) is 41.1 Å². The van der Waals surface area contributed by atoms with Crippen LogP contribution < -0.4 is 10.6 Å². The number of benzene rings is 1. The largest absolute Gasteiger partial charge is 0.325 e. The first-order valence-electron chi connectivity index (χ1n) is 5.49. The van der Waals surface area contributed by atoms with E-state index in [1.807, 2.05) is 18.2 Å². The van der Waals surface area contributed by atoms with E-state index in [0.717, 1.165) is 11.3 Å². The fourth-order valence-corrected chi connectivity index (χ4v) is 1.60. The lowest BCUT2D eigenvalue weighted by Crippen LogP contribution is -2.26. The van der Waals surface area contributed by atoms with Crippen LogP contribution >= 0.6 is 12.4 Å². The van der Waals surface area contributed by atoms with Crippen molar-refractivity contribution in [2.45, 2.75) is 26.2 Å². The smallest absolute Gasteiger partial charge is 0.238 e. The van der Waals surface area contributed by atoms with Crippen LogP contribution in [0.15, 0.2) is 24.3 Å². The average molecular weight is 257 g/mol. The standard InChI is InChI=1S/C13H20N2O.ClH/c1-13(2,3)10-7-5-6-8-11(10)15-12(16)9-14-4;/h5-8,14H,9H2,1-4H3,(H,15,16);1H. The highest BCUT2D eigenvalue weighted by atomic mass is 35.5. The van der Waals surface area contributed by atoms with Crippen LogP contribution in [0.4, 0.5) is 5.69 Å². The van der Waals surface area contributed by atoms with E-state index in [-0.39, 0.29) is 23.7 Å². The van der Waals surface area contributed by atoms with Crippen LogP contribution in [0.25, 0.3) is 0 Å². The van der Waals surface area contributed by atoms with Crippen molar-refractivity contribution in [3.8, 4) is 0 Å². The summed E-state index contributed by atoms with van der Waals surface area (Å²) in [4.78, 5) is 11.5. The number of anilines is 1. The van der Waals surface area contributed by atoms with Gasteiger partial charge in [-0.05, 0) is 24.1 Å². The first-order valence-corrected chi connectivity index (χ1v) is 5.49. The van der Waals surface area contributed by atoms with Crippen molar-refractivity contribution in [3.05, 3.63) is 29.8 Å². The molecule has 0 aromatic heterocycles. The van der Waals surface area contributed by atoms with E-state index in [0.29, 0.717) is 6.54 Å². The summed E-state index contributed by atoms with van der Waals surface area (Å²) < 4.78 is 0. The number of likely N-dealkylation sites (N-methyl/N-ethyl adjacent to an activating group) is 1. The van der Waals surface area contributed by atoms with E-state index >= 15 is 0 Å². The Morgan fingerprint density at radius 2 is 1.82 bits per heavy atom. The Morgan fingerprint density at radius 1 is 1.24 bits per heavy atom. The maximum Gasteiger partial charge on any atom is 0.238 e. The normalized spacial score (nSPS) is 10.6. The van der Waals surface area contributed by atoms with Crippen LogP contribution in [0.2, 0.25) is 0 Å². The molecule has 0 atom stereocenters. The number of hydrogen-bond acceptors (Lipinski definition) is 2. The zero-order valence-electron chi connectivity index (χ0n) is 10.8. The molecule has 0 aliphatic rings. The van der Waals surface area contributed by atoms with Crippen molar-refractivity contribution >= 4 is 24.0 Å². The second-order valence-electron chi connectivity index (χ2n) is 4.87. The summed E-state index contributed by atoms with van der Waals surface area (Å²) in [6.07, 6.45) is 0. The summed E-state index contributed by atoms with van der Waals surface area (Å²) >= 11 is 0. The van der Waals surface area contributed by atoms with Crippen LogP contribution in [0.1, 0.15) is 26.3 Å². The van der Waals surface area contributed by atoms with E-state index in [1.54, 1.807) is 7.05 Å². The molecule has 0 aliphatic carbocycles. The van der Waals surface area contributed by atoms with E-state index in [1.165, 1.54) is 0 Å². The molecular formula is C13H21ClN2O. The molecule has 17 heavy (non-hydrogen) atoms. The predicted molar refractivity (Wildman–Crippen MR) is 74.9 cm³/mol. The molecule has 0 heterocycles. The fourth-order valence-electron chi connectivity index (χ4n) is 1.60. The Kier molecular flexibility index (Phi) is 6.21. The Bertz CT molecular complexity index is 372. The summed E-state index contributed by atoms with van der Waals surface area (Å²) in [6, 6.07) is 7.92. The lowest BCUT2D eigenvalue weighted by atomic mass is 9.86. The minimum atomic E-state index is -0.0146. The van der Waals surface area contributed by atoms with Gasteiger partial charge in [-0.3, -0.25) is 4.79 Å². The molecule has 0 spiro atoms. The zero-order valence-corrected chi connectivity index (χ0v) is 11.6. The number of nitrogens with one attached hydrogen (secondary N) is 2. The van der Waals surface area contributed by atoms with Gasteiger partial charge in [0, 0.05) is 5.69 Å². The SMILES string of the molecule is CNCC(=O)Nc1ccccc1C(C)(C)C.Cl. The predicted octanol–water partition coefficient (Wildman–Crippen LogP) is 2.56. The molecule has 0 bridgehead atoms. The average Bonchev–Trinajstić information content (AvgIpc) is 2.17. The highest BCUT2D eigenvalue weighted by Crippen LogP contribution is 2.28. The van der Waals surface area contributed by atoms with Gasteiger partial charge in [-0.15, -0.1) is 12.4 Å². The molecule has 1 aromatic carbocycles. The lowest BCUT2D eigenvalue weighted by molar-refractivity contribution is -0.115. The molecule has 4 heteroatoms. The van der Waals surface area contributed by atoms with Gasteiger partial charge in [0.2, 0.25) is 5.91 Å². The van der Waals surface area contributed by atoms with Crippen LogP contribution in [0.3, 0.4) is 0 Å². The summed E-state index contributed by atoms with van der Waals surface area (Å²) in [5.74, 6) is -0.0146. The van der Waals surface area contributed by atoms with Crippen molar-refractivity contribution in [1.29, 1.82) is 0 Å². The number of carbonyl (C=O) groups excluding carboxylic acids is 1. The van der Waals surface area contributed by atoms with Gasteiger partial charge < -0.3 is 10.6 Å². The summed E-state index contributed by atoms with van der Waals surface area (Å²) in [6.45, 7) is 6.74. The van der Waals surface area contributed by atoms with Crippen molar-refractivity contribution in [2.24, 2.45) is 0 Å². The van der Waals surface area contributed by atoms with Gasteiger partial charge in [0.15, 0.2) is 0 Å². The molecule has 2 N–H and O–H groups in total. The van der Waals surface area contributed by atoms with Crippen LogP contribution in [-0.4, -0.2) is 19.5 Å². The van der Waals surface area contributed by atoms with Crippen molar-refractivity contribution < 1.29 is 4.79 Å². The first kappa shape index (κ1) is 15.9. The minimum absolute atomic E-state index is 0. The number of rotatable bonds is 3. The zero-order chi connectivity index (χ0) is 12.2. The molecule has 0 fully saturated rings. The molecule has 3 nitrogen and oxygen atoms in total. The van der Waals surface area contributed by atoms with Crippen molar-refractivity contribution in [1.82, 2.24) is 5.32 Å². The van der Waals surface area contributed by atoms with Gasteiger partial charge in [0.1, 0.15) is 0 Å². The van der Waals surface area contributed by atoms with E-state index in [2.05, 4.69) is 37.5 Å². The van der Waals surface area contributed by atoms with E-state index in [9.17, 15) is 4.79 Å². The van der Waals surface area contributed by atoms with Crippen LogP contribution in [-0.2, 0) is 10.2 Å². The molecule has 0 aliphatic heterocycles. The van der Waals surface area contributed by atoms with E-state index < -0.39 is 0 Å². The lowest BCUT2D eigenvalue weighted by Gasteiger charge is -2.22. The van der Waals surface area contributed by atoms with Crippen molar-refractivity contribution in [3.63, 3.8) is 0 Å². The summed E-state index contributed by atoms with van der Waals surface area (Å²) in [5.41, 5.74) is 2.08. The molecule has 1 aromatic rings. The molecule has 0 radical (unpaired) electrons. The van der Waals surface area contributed by atoms with Crippen LogP contribution in [0.5, 0.6) is 0 Å². The van der Waals surface area contributed by atoms with Gasteiger partial charge in [0.05, 0.1) is 6.54 Å². The molecule has 1 rings (SSSR count). The maximum absolute atomic E-state index is 11.5. The summed E-state index contributed by atoms with van der Waals surface area (Å²) in [7, 11) is 1.76. The monoisotopic (exact) mass is 256 g/mol. The third-order valence-corrected chi connectivity index (χ3v) is 2.35. The van der Waals surface area contributed by atoms with Gasteiger partial charge >= 0.3 is 0 Å². The number of hydrogen-bond donors (Lipinski definition) is 2. The number of amides is 1. The molecule has 96 valence electrons. The summed E-state index contributed by atoms with van der Waals surface area (Å²) in [5, 5.41) is 5.75. The number of halogens is 1. The van der Waals surface area contributed by atoms with E-state index in [4.69, 9.17) is 0 Å². The molecule has 1 amide bonds. The van der Waals surface area contributed by atoms with Gasteiger partial charge in [0.25, 0.3) is 0 Å². The Balaban J connectivity index is 0.00000256.